The molecule has 0 saturated heterocycles. The summed E-state index contributed by atoms with van der Waals surface area (Å²) in [7, 11) is -2.12. The first kappa shape index (κ1) is 23.9. The summed E-state index contributed by atoms with van der Waals surface area (Å²) in [6.07, 6.45) is 0. The molecule has 0 unspecified atom stereocenters. The first-order chi connectivity index (χ1) is 13.6. The molecule has 2 rings (SSSR count). The third-order valence-electron chi connectivity index (χ3n) is 5.34. The van der Waals surface area contributed by atoms with Crippen molar-refractivity contribution in [2.75, 3.05) is 14.2 Å². The molecule has 0 bridgehead atoms. The van der Waals surface area contributed by atoms with Gasteiger partial charge in [-0.05, 0) is 13.8 Å². The molecule has 0 atom stereocenters. The lowest BCUT2D eigenvalue weighted by Gasteiger charge is -2.33. The van der Waals surface area contributed by atoms with E-state index >= 15 is 0 Å². The smallest absolute Gasteiger partial charge is 0.220 e. The molecule has 0 amide bonds. The SMILES string of the molecule is COC1=C(C)C(=O)C(C2=C([Si](C)(C)C)C(=O)C(OC)=C(C)C2=O)=C([Si](C)(C)C)C1=O. The topological polar surface area (TPSA) is 86.7 Å². The Morgan fingerprint density at radius 1 is 0.533 bits per heavy atom. The lowest BCUT2D eigenvalue weighted by Crippen LogP contribution is -2.42. The van der Waals surface area contributed by atoms with Gasteiger partial charge in [-0.3, -0.25) is 19.2 Å². The summed E-state index contributed by atoms with van der Waals surface area (Å²) in [4.78, 5) is 53.8. The molecule has 30 heavy (non-hydrogen) atoms. The molecule has 162 valence electrons. The minimum absolute atomic E-state index is 0.00996. The van der Waals surface area contributed by atoms with E-state index < -0.39 is 27.7 Å². The number of ketones is 4. The highest BCUT2D eigenvalue weighted by atomic mass is 28.3. The van der Waals surface area contributed by atoms with Gasteiger partial charge in [0, 0.05) is 32.7 Å². The van der Waals surface area contributed by atoms with Crippen LogP contribution in [0.4, 0.5) is 0 Å². The molecule has 0 aromatic rings. The summed E-state index contributed by atoms with van der Waals surface area (Å²) in [6.45, 7) is 14.7. The van der Waals surface area contributed by atoms with Crippen LogP contribution < -0.4 is 0 Å². The van der Waals surface area contributed by atoms with Crippen molar-refractivity contribution >= 4 is 39.3 Å². The van der Waals surface area contributed by atoms with E-state index in [9.17, 15) is 19.2 Å². The summed E-state index contributed by atoms with van der Waals surface area (Å²) in [6, 6.07) is 0. The standard InChI is InChI=1S/C22H30O6Si2/c1-11-15(23)13(21(29(5,6)7)17(25)19(11)27-3)14-16(24)12(2)20(28-4)18(26)22(14)30(8,9)10/h1-10H3. The number of rotatable bonds is 5. The Balaban J connectivity index is 3.08. The number of allylic oxidation sites excluding steroid dienone is 6. The predicted octanol–water partition coefficient (Wildman–Crippen LogP) is 3.48. The van der Waals surface area contributed by atoms with Crippen molar-refractivity contribution in [3.8, 4) is 0 Å². The van der Waals surface area contributed by atoms with Crippen LogP contribution in [0.15, 0.2) is 44.2 Å². The van der Waals surface area contributed by atoms with Crippen LogP contribution in [0.25, 0.3) is 0 Å². The molecule has 0 aromatic carbocycles. The zero-order valence-electron chi connectivity index (χ0n) is 19.4. The monoisotopic (exact) mass is 446 g/mol. The fraction of sp³-hybridized carbons (Fsp3) is 0.455. The summed E-state index contributed by atoms with van der Waals surface area (Å²) >= 11 is 0. The molecule has 0 radical (unpaired) electrons. The van der Waals surface area contributed by atoms with E-state index in [1.807, 2.05) is 39.3 Å². The van der Waals surface area contributed by atoms with Crippen molar-refractivity contribution in [3.05, 3.63) is 44.2 Å². The Hall–Kier alpha value is -2.33. The molecule has 0 fully saturated rings. The van der Waals surface area contributed by atoms with Crippen LogP contribution in [0.5, 0.6) is 0 Å². The van der Waals surface area contributed by atoms with Gasteiger partial charge in [-0.1, -0.05) is 39.3 Å². The van der Waals surface area contributed by atoms with Crippen molar-refractivity contribution in [2.24, 2.45) is 0 Å². The van der Waals surface area contributed by atoms with E-state index in [1.165, 1.54) is 28.1 Å². The molecule has 8 heteroatoms. The Labute approximate surface area is 179 Å². The molecular weight excluding hydrogens is 416 g/mol. The third-order valence-corrected chi connectivity index (χ3v) is 9.30. The minimum Gasteiger partial charge on any atom is -0.492 e. The fourth-order valence-corrected chi connectivity index (χ4v) is 7.57. The maximum absolute atomic E-state index is 13.5. The lowest BCUT2D eigenvalue weighted by molar-refractivity contribution is -0.119. The number of carbonyl (C=O) groups excluding carboxylic acids is 4. The van der Waals surface area contributed by atoms with Crippen LogP contribution in [0.3, 0.4) is 0 Å². The molecule has 0 aliphatic heterocycles. The zero-order chi connectivity index (χ0) is 23.3. The Bertz CT molecular complexity index is 925. The van der Waals surface area contributed by atoms with Crippen LogP contribution in [0.2, 0.25) is 39.3 Å². The highest BCUT2D eigenvalue weighted by molar-refractivity contribution is 6.90. The van der Waals surface area contributed by atoms with Gasteiger partial charge in [0.05, 0.1) is 30.4 Å². The van der Waals surface area contributed by atoms with Gasteiger partial charge in [-0.15, -0.1) is 0 Å². The van der Waals surface area contributed by atoms with Gasteiger partial charge in [-0.25, -0.2) is 0 Å². The van der Waals surface area contributed by atoms with Crippen molar-refractivity contribution in [2.45, 2.75) is 53.1 Å². The first-order valence-electron chi connectivity index (χ1n) is 9.79. The summed E-state index contributed by atoms with van der Waals surface area (Å²) in [5.74, 6) is -1.57. The minimum atomic E-state index is -2.42. The Morgan fingerprint density at radius 3 is 1.00 bits per heavy atom. The van der Waals surface area contributed by atoms with Crippen LogP contribution in [0.1, 0.15) is 13.8 Å². The van der Waals surface area contributed by atoms with E-state index in [-0.39, 0.29) is 45.4 Å². The summed E-state index contributed by atoms with van der Waals surface area (Å²) < 4.78 is 10.5. The summed E-state index contributed by atoms with van der Waals surface area (Å²) in [5, 5.41) is 0.658. The van der Waals surface area contributed by atoms with Gasteiger partial charge >= 0.3 is 0 Å². The largest absolute Gasteiger partial charge is 0.492 e. The number of Topliss-reactive ketones (excluding diaryl/α,β-unsaturated/α-hetero) is 4. The van der Waals surface area contributed by atoms with Crippen molar-refractivity contribution in [1.29, 1.82) is 0 Å². The van der Waals surface area contributed by atoms with Gasteiger partial charge in [0.25, 0.3) is 0 Å². The second kappa shape index (κ2) is 7.74. The van der Waals surface area contributed by atoms with E-state index in [4.69, 9.17) is 9.47 Å². The molecule has 0 heterocycles. The molecule has 2 aliphatic rings. The van der Waals surface area contributed by atoms with Crippen molar-refractivity contribution in [3.63, 3.8) is 0 Å². The second-order valence-corrected chi connectivity index (χ2v) is 19.6. The third kappa shape index (κ3) is 3.62. The molecule has 0 spiro atoms. The van der Waals surface area contributed by atoms with Crippen LogP contribution in [-0.2, 0) is 28.7 Å². The molecule has 0 aromatic heterocycles. The number of carbonyl (C=O) groups is 4. The summed E-state index contributed by atoms with van der Waals surface area (Å²) in [5.41, 5.74) is 0.480. The van der Waals surface area contributed by atoms with Gasteiger partial charge in [0.1, 0.15) is 0 Å². The fourth-order valence-electron chi connectivity index (χ4n) is 4.00. The first-order valence-corrected chi connectivity index (χ1v) is 16.8. The molecular formula is C22H30O6Si2. The number of hydrogen-bond acceptors (Lipinski definition) is 6. The van der Waals surface area contributed by atoms with Crippen molar-refractivity contribution in [1.82, 2.24) is 0 Å². The molecule has 0 N–H and O–H groups in total. The quantitative estimate of drug-likeness (QED) is 0.475. The van der Waals surface area contributed by atoms with Crippen LogP contribution in [0, 0.1) is 0 Å². The maximum Gasteiger partial charge on any atom is 0.220 e. The molecule has 2 aliphatic carbocycles. The Kier molecular flexibility index (Phi) is 6.18. The highest BCUT2D eigenvalue weighted by Gasteiger charge is 2.47. The molecule has 0 saturated carbocycles. The predicted molar refractivity (Wildman–Crippen MR) is 120 cm³/mol. The van der Waals surface area contributed by atoms with Gasteiger partial charge < -0.3 is 9.47 Å². The average molecular weight is 447 g/mol. The molecule has 6 nitrogen and oxygen atoms in total. The maximum atomic E-state index is 13.5. The normalized spacial score (nSPS) is 19.4. The lowest BCUT2D eigenvalue weighted by atomic mass is 9.83. The second-order valence-electron chi connectivity index (χ2n) is 9.63. The van der Waals surface area contributed by atoms with E-state index in [0.29, 0.717) is 10.4 Å². The number of ether oxygens (including phenoxy) is 2. The van der Waals surface area contributed by atoms with Gasteiger partial charge in [-0.2, -0.15) is 0 Å². The highest BCUT2D eigenvalue weighted by Crippen LogP contribution is 2.41. The Morgan fingerprint density at radius 2 is 0.800 bits per heavy atom. The van der Waals surface area contributed by atoms with E-state index in [2.05, 4.69) is 0 Å². The van der Waals surface area contributed by atoms with Gasteiger partial charge in [0.15, 0.2) is 23.1 Å². The van der Waals surface area contributed by atoms with E-state index in [1.54, 1.807) is 0 Å². The number of hydrogen-bond donors (Lipinski definition) is 0. The van der Waals surface area contributed by atoms with Crippen molar-refractivity contribution < 1.29 is 28.7 Å². The van der Waals surface area contributed by atoms with Gasteiger partial charge in [0.2, 0.25) is 11.6 Å². The average Bonchev–Trinajstić information content (AvgIpc) is 2.59. The van der Waals surface area contributed by atoms with E-state index in [0.717, 1.165) is 0 Å². The van der Waals surface area contributed by atoms with Crippen LogP contribution in [-0.4, -0.2) is 53.5 Å². The number of methoxy groups -OCH3 is 2. The van der Waals surface area contributed by atoms with Crippen LogP contribution >= 0.6 is 0 Å². The zero-order valence-corrected chi connectivity index (χ0v) is 21.4.